The standard InChI is InChI=1S/C33H33Cl2F3N4O3.C33H31Cl2F3N4O2.CH4/c34-23-7-3-20(4-8-23)31(21-5-9-24(35)10-6-21)22-16-26-27(40-25-11-14-42(15-12-25)19-33(36,37)38)18-29(43)41-32(26)28(17-22)39-13-1-2-30(44)45;34-23-7-3-20(4-8-23)31(21-5-9-24(35)10-6-21)22-16-26-27(39-25-11-14-41(15-12-25)19-33(36,37)38)18-29(43)40-32(26)28(17-22)42-13-1-2-30(42)44;/h3-10,16-18,25,31,39H,1-2,11-15,19H2,(H,44,45)(H2,40,41,43);3-10,16-18,25,31H,1-2,11-15,19H2,(H2,39,40,43);1H4. The number of aromatic nitrogens is 2. The normalized spacial score (nSPS) is 15.5. The minimum Gasteiger partial charge on any atom is -0.481 e. The number of anilines is 4. The zero-order valence-corrected chi connectivity index (χ0v) is 51.1. The molecule has 90 heavy (non-hydrogen) atoms. The Morgan fingerprint density at radius 1 is 0.533 bits per heavy atom. The summed E-state index contributed by atoms with van der Waals surface area (Å²) in [5.41, 5.74) is 8.49. The molecule has 476 valence electrons. The number of pyridine rings is 2. The van der Waals surface area contributed by atoms with Crippen molar-refractivity contribution in [2.24, 2.45) is 0 Å². The highest BCUT2D eigenvalue weighted by atomic mass is 35.5. The smallest absolute Gasteiger partial charge is 0.401 e. The summed E-state index contributed by atoms with van der Waals surface area (Å²) in [5.74, 6) is -1.43. The Hall–Kier alpha value is -7.26. The molecule has 3 aliphatic rings. The van der Waals surface area contributed by atoms with Gasteiger partial charge in [-0.1, -0.05) is 102 Å². The van der Waals surface area contributed by atoms with E-state index < -0.39 is 31.4 Å². The molecule has 0 spiro atoms. The molecule has 6 N–H and O–H groups in total. The number of rotatable bonds is 18. The third kappa shape index (κ3) is 17.4. The Kier molecular flexibility index (Phi) is 21.9. The molecule has 8 aromatic rings. The molecule has 0 atom stereocenters. The average Bonchev–Trinajstić information content (AvgIpc) is 1.00. The van der Waals surface area contributed by atoms with E-state index in [9.17, 15) is 45.5 Å². The van der Waals surface area contributed by atoms with Crippen LogP contribution in [0.15, 0.2) is 143 Å². The van der Waals surface area contributed by atoms with E-state index in [0.717, 1.165) is 44.2 Å². The Morgan fingerprint density at radius 3 is 1.30 bits per heavy atom. The third-order valence-corrected chi connectivity index (χ3v) is 17.4. The maximum Gasteiger partial charge on any atom is 0.401 e. The predicted molar refractivity (Wildman–Crippen MR) is 349 cm³/mol. The number of piperidine rings is 2. The van der Waals surface area contributed by atoms with Gasteiger partial charge in [0.05, 0.1) is 35.5 Å². The first-order chi connectivity index (χ1) is 42.5. The number of nitrogens with zero attached hydrogens (tertiary/aromatic N) is 3. The van der Waals surface area contributed by atoms with Gasteiger partial charge in [-0.05, 0) is 145 Å². The minimum atomic E-state index is -4.25. The highest BCUT2D eigenvalue weighted by molar-refractivity contribution is 6.31. The summed E-state index contributed by atoms with van der Waals surface area (Å²) in [6.45, 7) is 0.185. The van der Waals surface area contributed by atoms with Crippen LogP contribution in [-0.4, -0.2) is 114 Å². The molecule has 3 saturated heterocycles. The molecule has 0 radical (unpaired) electrons. The monoisotopic (exact) mass is 1320 g/mol. The van der Waals surface area contributed by atoms with Crippen LogP contribution in [0.4, 0.5) is 49.1 Å². The number of fused-ring (bicyclic) bond motifs is 2. The number of aliphatic carboxylic acids is 1. The highest BCUT2D eigenvalue weighted by Crippen LogP contribution is 2.42. The first-order valence-electron chi connectivity index (χ1n) is 29.3. The molecule has 0 saturated carbocycles. The number of nitrogens with one attached hydrogen (secondary N) is 5. The molecule has 6 aromatic carbocycles. The van der Waals surface area contributed by atoms with Gasteiger partial charge in [0.2, 0.25) is 5.91 Å². The molecule has 3 fully saturated rings. The number of benzene rings is 6. The fourth-order valence-electron chi connectivity index (χ4n) is 12.2. The van der Waals surface area contributed by atoms with Gasteiger partial charge >= 0.3 is 18.3 Å². The van der Waals surface area contributed by atoms with Crippen LogP contribution in [0.3, 0.4) is 0 Å². The molecule has 23 heteroatoms. The number of alkyl halides is 6. The lowest BCUT2D eigenvalue weighted by atomic mass is 9.84. The molecule has 1 amide bonds. The van der Waals surface area contributed by atoms with Gasteiger partial charge in [-0.3, -0.25) is 29.0 Å². The maximum absolute atomic E-state index is 13.0. The van der Waals surface area contributed by atoms with E-state index in [1.165, 1.54) is 21.9 Å². The lowest BCUT2D eigenvalue weighted by Crippen LogP contribution is -2.43. The Labute approximate surface area is 536 Å². The Bertz CT molecular complexity index is 3820. The van der Waals surface area contributed by atoms with Gasteiger partial charge in [0, 0.05) is 130 Å². The number of amides is 1. The molecule has 2 aromatic heterocycles. The highest BCUT2D eigenvalue weighted by Gasteiger charge is 2.35. The molecule has 5 heterocycles. The van der Waals surface area contributed by atoms with Crippen molar-refractivity contribution in [2.75, 3.05) is 73.2 Å². The van der Waals surface area contributed by atoms with Gasteiger partial charge in [-0.2, -0.15) is 26.3 Å². The van der Waals surface area contributed by atoms with E-state index in [0.29, 0.717) is 125 Å². The van der Waals surface area contributed by atoms with Crippen molar-refractivity contribution in [2.45, 2.75) is 95.1 Å². The number of carboxylic acids is 1. The number of carbonyl (C=O) groups is 2. The van der Waals surface area contributed by atoms with Crippen molar-refractivity contribution < 1.29 is 41.0 Å². The molecule has 13 nitrogen and oxygen atoms in total. The lowest BCUT2D eigenvalue weighted by molar-refractivity contribution is -0.148. The fraction of sp³-hybridized carbons (Fsp3) is 0.343. The first-order valence-corrected chi connectivity index (χ1v) is 30.8. The van der Waals surface area contributed by atoms with E-state index >= 15 is 0 Å². The first kappa shape index (κ1) is 67.1. The summed E-state index contributed by atoms with van der Waals surface area (Å²) in [4.78, 5) is 60.5. The van der Waals surface area contributed by atoms with E-state index in [-0.39, 0.29) is 67.9 Å². The van der Waals surface area contributed by atoms with Crippen LogP contribution >= 0.6 is 46.4 Å². The van der Waals surface area contributed by atoms with Crippen molar-refractivity contribution in [1.29, 1.82) is 0 Å². The Balaban J connectivity index is 0.000000211. The molecular formula is C67H68Cl4F6N8O5. The van der Waals surface area contributed by atoms with Crippen molar-refractivity contribution in [3.8, 4) is 0 Å². The van der Waals surface area contributed by atoms with Crippen LogP contribution in [0.5, 0.6) is 0 Å². The molecular weight excluding hydrogens is 1250 g/mol. The zero-order valence-electron chi connectivity index (χ0n) is 48.0. The zero-order chi connectivity index (χ0) is 63.1. The van der Waals surface area contributed by atoms with Gasteiger partial charge in [0.25, 0.3) is 11.1 Å². The molecule has 0 unspecified atom stereocenters. The number of carboxylic acid groups (broad SMARTS) is 1. The van der Waals surface area contributed by atoms with Gasteiger partial charge in [0.1, 0.15) is 0 Å². The summed E-state index contributed by atoms with van der Waals surface area (Å²) >= 11 is 24.9. The number of halogens is 10. The van der Waals surface area contributed by atoms with Gasteiger partial charge in [-0.25, -0.2) is 0 Å². The molecule has 0 aliphatic carbocycles. The maximum atomic E-state index is 13.0. The number of aromatic amines is 2. The van der Waals surface area contributed by atoms with Crippen LogP contribution in [0.25, 0.3) is 21.8 Å². The van der Waals surface area contributed by atoms with Crippen LogP contribution in [0, 0.1) is 0 Å². The van der Waals surface area contributed by atoms with Gasteiger partial charge in [0.15, 0.2) is 0 Å². The number of hydrogen-bond acceptors (Lipinski definition) is 9. The second kappa shape index (κ2) is 29.4. The van der Waals surface area contributed by atoms with Crippen molar-refractivity contribution in [3.05, 3.63) is 208 Å². The number of hydrogen-bond donors (Lipinski definition) is 6. The van der Waals surface area contributed by atoms with Crippen molar-refractivity contribution >= 4 is 103 Å². The molecule has 0 bridgehead atoms. The minimum absolute atomic E-state index is 0. The number of likely N-dealkylation sites (tertiary alicyclic amines) is 2. The molecule has 11 rings (SSSR count). The van der Waals surface area contributed by atoms with Gasteiger partial charge < -0.3 is 35.9 Å². The van der Waals surface area contributed by atoms with Crippen molar-refractivity contribution in [3.63, 3.8) is 0 Å². The second-order valence-corrected chi connectivity index (χ2v) is 24.6. The third-order valence-electron chi connectivity index (χ3n) is 16.4. The largest absolute Gasteiger partial charge is 0.481 e. The fourth-order valence-corrected chi connectivity index (χ4v) is 12.7. The van der Waals surface area contributed by atoms with Crippen molar-refractivity contribution in [1.82, 2.24) is 19.8 Å². The summed E-state index contributed by atoms with van der Waals surface area (Å²) < 4.78 is 77.7. The summed E-state index contributed by atoms with van der Waals surface area (Å²) in [7, 11) is 0. The van der Waals surface area contributed by atoms with Gasteiger partial charge in [-0.15, -0.1) is 0 Å². The molecule has 3 aliphatic heterocycles. The van der Waals surface area contributed by atoms with Crippen LogP contribution in [0.2, 0.25) is 20.1 Å². The summed E-state index contributed by atoms with van der Waals surface area (Å²) in [6, 6.07) is 40.9. The van der Waals surface area contributed by atoms with E-state index in [4.69, 9.17) is 51.5 Å². The quantitative estimate of drug-likeness (QED) is 0.0277. The summed E-state index contributed by atoms with van der Waals surface area (Å²) in [6.07, 6.45) is -5.03. The lowest BCUT2D eigenvalue weighted by Gasteiger charge is -2.33. The second-order valence-electron chi connectivity index (χ2n) is 22.8. The number of H-pyrrole nitrogens is 2. The Morgan fingerprint density at radius 2 is 0.922 bits per heavy atom. The van der Waals surface area contributed by atoms with Crippen LogP contribution < -0.4 is 32.0 Å². The van der Waals surface area contributed by atoms with Crippen LogP contribution in [0.1, 0.15) is 104 Å². The topological polar surface area (TPSA) is 166 Å². The average molecular weight is 1320 g/mol. The summed E-state index contributed by atoms with van der Waals surface area (Å²) in [5, 5.41) is 23.2. The SMILES string of the molecule is C.O=C(O)CCCNc1cc(C(c2ccc(Cl)cc2)c2ccc(Cl)cc2)cc2c(NC3CCN(CC(F)(F)F)CC3)cc(=O)[nH]c12.O=C1CCCN1c1cc(C(c2ccc(Cl)cc2)c2ccc(Cl)cc2)cc2c(NC3CCN(CC(F)(F)F)CC3)cc(=O)[nH]c12. The van der Waals surface area contributed by atoms with E-state index in [1.807, 2.05) is 121 Å². The number of carbonyl (C=O) groups excluding carboxylic acids is 1. The van der Waals surface area contributed by atoms with Crippen LogP contribution in [-0.2, 0) is 9.59 Å². The predicted octanol–water partition coefficient (Wildman–Crippen LogP) is 15.9. The van der Waals surface area contributed by atoms with E-state index in [1.54, 1.807) is 4.90 Å². The van der Waals surface area contributed by atoms with E-state index in [2.05, 4.69) is 25.9 Å².